The predicted octanol–water partition coefficient (Wildman–Crippen LogP) is 2.49. The summed E-state index contributed by atoms with van der Waals surface area (Å²) in [4.78, 5) is 5.07. The van der Waals surface area contributed by atoms with Crippen LogP contribution in [0.25, 0.3) is 0 Å². The van der Waals surface area contributed by atoms with Gasteiger partial charge in [-0.15, -0.1) is 0 Å². The molecule has 1 atom stereocenters. The average Bonchev–Trinajstić information content (AvgIpc) is 2.70. The summed E-state index contributed by atoms with van der Waals surface area (Å²) in [7, 11) is 4.39. The molecule has 3 heteroatoms. The highest BCUT2D eigenvalue weighted by atomic mass is 15.2. The number of nitrogens with one attached hydrogen (secondary N) is 1. The molecule has 0 spiro atoms. The summed E-state index contributed by atoms with van der Waals surface area (Å²) < 4.78 is 0. The van der Waals surface area contributed by atoms with Crippen LogP contribution >= 0.6 is 0 Å². The van der Waals surface area contributed by atoms with E-state index in [1.54, 1.807) is 5.56 Å². The summed E-state index contributed by atoms with van der Waals surface area (Å²) in [6.45, 7) is 5.94. The van der Waals surface area contributed by atoms with Crippen molar-refractivity contribution < 1.29 is 0 Å². The molecule has 0 radical (unpaired) electrons. The van der Waals surface area contributed by atoms with E-state index in [0.717, 1.165) is 19.0 Å². The van der Waals surface area contributed by atoms with Gasteiger partial charge in [-0.1, -0.05) is 24.3 Å². The number of hydrogen-bond acceptors (Lipinski definition) is 3. The van der Waals surface area contributed by atoms with Crippen LogP contribution in [0.5, 0.6) is 0 Å². The minimum atomic E-state index is 0.622. The largest absolute Gasteiger partial charge is 0.313 e. The molecule has 0 amide bonds. The van der Waals surface area contributed by atoms with E-state index in [0.29, 0.717) is 6.04 Å². The van der Waals surface area contributed by atoms with Gasteiger partial charge < -0.3 is 10.2 Å². The molecular formula is C18H29N3. The molecule has 116 valence electrons. The van der Waals surface area contributed by atoms with Gasteiger partial charge in [-0.05, 0) is 70.0 Å². The van der Waals surface area contributed by atoms with Crippen LogP contribution in [0.4, 0.5) is 0 Å². The number of fused-ring (bicyclic) bond motifs is 1. The van der Waals surface area contributed by atoms with Crippen LogP contribution in [0.15, 0.2) is 24.3 Å². The van der Waals surface area contributed by atoms with Gasteiger partial charge in [0, 0.05) is 19.1 Å². The molecule has 3 nitrogen and oxygen atoms in total. The second kappa shape index (κ2) is 6.91. The van der Waals surface area contributed by atoms with Gasteiger partial charge in [0.15, 0.2) is 0 Å². The molecule has 2 aliphatic heterocycles. The van der Waals surface area contributed by atoms with Crippen LogP contribution in [0.1, 0.15) is 36.4 Å². The van der Waals surface area contributed by atoms with Crippen molar-refractivity contribution in [3.05, 3.63) is 35.4 Å². The Labute approximate surface area is 129 Å². The second-order valence-electron chi connectivity index (χ2n) is 6.92. The highest BCUT2D eigenvalue weighted by Crippen LogP contribution is 2.32. The van der Waals surface area contributed by atoms with Gasteiger partial charge in [-0.3, -0.25) is 4.90 Å². The number of rotatable bonds is 3. The van der Waals surface area contributed by atoms with Crippen LogP contribution in [0.2, 0.25) is 0 Å². The lowest BCUT2D eigenvalue weighted by molar-refractivity contribution is 0.115. The highest BCUT2D eigenvalue weighted by Gasteiger charge is 2.28. The van der Waals surface area contributed by atoms with Gasteiger partial charge in [0.1, 0.15) is 0 Å². The normalized spacial score (nSPS) is 24.8. The Morgan fingerprint density at radius 2 is 1.90 bits per heavy atom. The zero-order valence-electron chi connectivity index (χ0n) is 13.5. The van der Waals surface area contributed by atoms with Crippen molar-refractivity contribution in [3.8, 4) is 0 Å². The zero-order chi connectivity index (χ0) is 14.7. The first-order chi connectivity index (χ1) is 10.2. The molecule has 1 saturated heterocycles. The SMILES string of the molecule is CN(C)CC1CCN(C2CCNCc3ccccc32)CC1. The number of likely N-dealkylation sites (tertiary alicyclic amines) is 1. The van der Waals surface area contributed by atoms with E-state index in [1.807, 2.05) is 0 Å². The van der Waals surface area contributed by atoms with Gasteiger partial charge in [0.25, 0.3) is 0 Å². The summed E-state index contributed by atoms with van der Waals surface area (Å²) in [6, 6.07) is 9.64. The molecular weight excluding hydrogens is 258 g/mol. The molecule has 2 heterocycles. The van der Waals surface area contributed by atoms with Crippen molar-refractivity contribution >= 4 is 0 Å². The van der Waals surface area contributed by atoms with Crippen LogP contribution in [-0.2, 0) is 6.54 Å². The molecule has 1 fully saturated rings. The van der Waals surface area contributed by atoms with Crippen molar-refractivity contribution in [2.24, 2.45) is 5.92 Å². The van der Waals surface area contributed by atoms with Crippen molar-refractivity contribution in [2.45, 2.75) is 31.8 Å². The molecule has 1 aromatic rings. The quantitative estimate of drug-likeness (QED) is 0.921. The van der Waals surface area contributed by atoms with E-state index in [1.165, 1.54) is 44.5 Å². The first-order valence-corrected chi connectivity index (χ1v) is 8.41. The van der Waals surface area contributed by atoms with Crippen molar-refractivity contribution in [3.63, 3.8) is 0 Å². The molecule has 1 N–H and O–H groups in total. The molecule has 1 aromatic carbocycles. The van der Waals surface area contributed by atoms with Crippen molar-refractivity contribution in [1.82, 2.24) is 15.1 Å². The number of nitrogens with zero attached hydrogens (tertiary/aromatic N) is 2. The Hall–Kier alpha value is -0.900. The minimum Gasteiger partial charge on any atom is -0.313 e. The third-order valence-electron chi connectivity index (χ3n) is 5.04. The third-order valence-corrected chi connectivity index (χ3v) is 5.04. The van der Waals surface area contributed by atoms with Gasteiger partial charge in [-0.25, -0.2) is 0 Å². The monoisotopic (exact) mass is 287 g/mol. The third kappa shape index (κ3) is 3.65. The molecule has 0 saturated carbocycles. The standard InChI is InChI=1S/C18H29N3/c1-20(2)14-15-8-11-21(12-9-15)18-7-10-19-13-16-5-3-4-6-17(16)18/h3-6,15,18-19H,7-14H2,1-2H3. The van der Waals surface area contributed by atoms with Crippen LogP contribution < -0.4 is 5.32 Å². The fraction of sp³-hybridized carbons (Fsp3) is 0.667. The Kier molecular flexibility index (Phi) is 4.94. The molecule has 0 bridgehead atoms. The molecule has 3 rings (SSSR count). The molecule has 0 aromatic heterocycles. The van der Waals surface area contributed by atoms with Crippen molar-refractivity contribution in [1.29, 1.82) is 0 Å². The smallest absolute Gasteiger partial charge is 0.0363 e. The number of hydrogen-bond donors (Lipinski definition) is 1. The summed E-state index contributed by atoms with van der Waals surface area (Å²) in [5.41, 5.74) is 3.06. The maximum atomic E-state index is 3.57. The van der Waals surface area contributed by atoms with E-state index in [2.05, 4.69) is 53.5 Å². The Bertz CT molecular complexity index is 450. The van der Waals surface area contributed by atoms with Gasteiger partial charge in [-0.2, -0.15) is 0 Å². The van der Waals surface area contributed by atoms with Crippen molar-refractivity contribution in [2.75, 3.05) is 40.3 Å². The summed E-state index contributed by atoms with van der Waals surface area (Å²) in [6.07, 6.45) is 3.95. The Balaban J connectivity index is 1.67. The predicted molar refractivity (Wildman–Crippen MR) is 88.4 cm³/mol. The van der Waals surface area contributed by atoms with E-state index in [9.17, 15) is 0 Å². The topological polar surface area (TPSA) is 18.5 Å². The maximum absolute atomic E-state index is 3.57. The molecule has 2 aliphatic rings. The van der Waals surface area contributed by atoms with Crippen LogP contribution in [0.3, 0.4) is 0 Å². The number of piperidine rings is 1. The van der Waals surface area contributed by atoms with Crippen LogP contribution in [-0.4, -0.2) is 50.1 Å². The van der Waals surface area contributed by atoms with E-state index in [4.69, 9.17) is 0 Å². The lowest BCUT2D eigenvalue weighted by atomic mass is 9.92. The first kappa shape index (κ1) is 15.0. The average molecular weight is 287 g/mol. The summed E-state index contributed by atoms with van der Waals surface area (Å²) in [5, 5.41) is 3.57. The lowest BCUT2D eigenvalue weighted by Crippen LogP contribution is -2.39. The van der Waals surface area contributed by atoms with Gasteiger partial charge >= 0.3 is 0 Å². The second-order valence-corrected chi connectivity index (χ2v) is 6.92. The fourth-order valence-electron chi connectivity index (χ4n) is 3.98. The highest BCUT2D eigenvalue weighted by molar-refractivity contribution is 5.31. The number of benzene rings is 1. The molecule has 21 heavy (non-hydrogen) atoms. The van der Waals surface area contributed by atoms with Gasteiger partial charge in [0.2, 0.25) is 0 Å². The minimum absolute atomic E-state index is 0.622. The maximum Gasteiger partial charge on any atom is 0.0363 e. The summed E-state index contributed by atoms with van der Waals surface area (Å²) >= 11 is 0. The van der Waals surface area contributed by atoms with E-state index < -0.39 is 0 Å². The van der Waals surface area contributed by atoms with Gasteiger partial charge in [0.05, 0.1) is 0 Å². The Morgan fingerprint density at radius 3 is 2.67 bits per heavy atom. The Morgan fingerprint density at radius 1 is 1.14 bits per heavy atom. The summed E-state index contributed by atoms with van der Waals surface area (Å²) in [5.74, 6) is 0.885. The van der Waals surface area contributed by atoms with E-state index >= 15 is 0 Å². The van der Waals surface area contributed by atoms with Crippen LogP contribution in [0, 0.1) is 5.92 Å². The fourth-order valence-corrected chi connectivity index (χ4v) is 3.98. The lowest BCUT2D eigenvalue weighted by Gasteiger charge is -2.38. The first-order valence-electron chi connectivity index (χ1n) is 8.41. The zero-order valence-corrected chi connectivity index (χ0v) is 13.5. The van der Waals surface area contributed by atoms with E-state index in [-0.39, 0.29) is 0 Å². The molecule has 1 unspecified atom stereocenters. The molecule has 0 aliphatic carbocycles.